The number of fused-ring (bicyclic) bond motifs is 1. The predicted molar refractivity (Wildman–Crippen MR) is 129 cm³/mol. The van der Waals surface area contributed by atoms with Gasteiger partial charge in [0.1, 0.15) is 11.5 Å². The molecule has 8 nitrogen and oxygen atoms in total. The largest absolute Gasteiger partial charge is 0.497 e. The Morgan fingerprint density at radius 1 is 1.06 bits per heavy atom. The maximum atomic E-state index is 13.3. The first kappa shape index (κ1) is 22.1. The number of H-pyrrole nitrogens is 1. The lowest BCUT2D eigenvalue weighted by molar-refractivity contribution is 0.412. The van der Waals surface area contributed by atoms with Crippen molar-refractivity contribution in [2.24, 2.45) is 0 Å². The number of sulfonamides is 1. The summed E-state index contributed by atoms with van der Waals surface area (Å²) < 4.78 is 40.3. The Balaban J connectivity index is 1.39. The van der Waals surface area contributed by atoms with Gasteiger partial charge in [0.05, 0.1) is 24.8 Å². The van der Waals surface area contributed by atoms with Crippen LogP contribution in [0.4, 0.5) is 5.69 Å². The van der Waals surface area contributed by atoms with Gasteiger partial charge in [-0.2, -0.15) is 0 Å². The minimum Gasteiger partial charge on any atom is -0.497 e. The highest BCUT2D eigenvalue weighted by Gasteiger charge is 2.46. The van der Waals surface area contributed by atoms with Gasteiger partial charge in [0.15, 0.2) is 0 Å². The third-order valence-corrected chi connectivity index (χ3v) is 8.23. The average Bonchev–Trinajstić information content (AvgIpc) is 3.53. The summed E-state index contributed by atoms with van der Waals surface area (Å²) in [5.41, 5.74) is 2.77. The molecule has 2 heterocycles. The molecule has 33 heavy (non-hydrogen) atoms. The molecular formula is C24H30N4O4S. The molecule has 0 atom stereocenters. The smallest absolute Gasteiger partial charge is 0.240 e. The van der Waals surface area contributed by atoms with Crippen molar-refractivity contribution in [2.75, 3.05) is 51.8 Å². The zero-order valence-corrected chi connectivity index (χ0v) is 19.8. The Labute approximate surface area is 194 Å². The molecule has 5 rings (SSSR count). The van der Waals surface area contributed by atoms with E-state index in [4.69, 9.17) is 9.47 Å². The summed E-state index contributed by atoms with van der Waals surface area (Å²) in [6.07, 6.45) is 3.88. The Kier molecular flexibility index (Phi) is 5.72. The zero-order chi connectivity index (χ0) is 23.1. The van der Waals surface area contributed by atoms with Crippen LogP contribution in [0.1, 0.15) is 18.4 Å². The standard InChI is InChI=1S/C24H30N4O4S/c1-31-17-3-5-21-19(13-17)20(15-26-21)24(7-8-24)16-27-33(29,30)18-4-6-23(32-2)22(14-18)28-11-9-25-10-12-28/h3-6,13-15,25-27H,7-12,16H2,1-2H3. The van der Waals surface area contributed by atoms with Crippen molar-refractivity contribution in [1.29, 1.82) is 0 Å². The molecular weight excluding hydrogens is 440 g/mol. The Hall–Kier alpha value is -2.75. The SMILES string of the molecule is COc1ccc2[nH]cc(C3(CNS(=O)(=O)c4ccc(OC)c(N5CCNCC5)c4)CC3)c2c1. The van der Waals surface area contributed by atoms with Gasteiger partial charge in [0.25, 0.3) is 0 Å². The quantitative estimate of drug-likeness (QED) is 0.468. The lowest BCUT2D eigenvalue weighted by atomic mass is 9.95. The van der Waals surface area contributed by atoms with Crippen molar-refractivity contribution in [2.45, 2.75) is 23.2 Å². The van der Waals surface area contributed by atoms with Crippen molar-refractivity contribution in [3.8, 4) is 11.5 Å². The van der Waals surface area contributed by atoms with Gasteiger partial charge in [-0.05, 0) is 54.8 Å². The fraction of sp³-hybridized carbons (Fsp3) is 0.417. The number of rotatable bonds is 8. The monoisotopic (exact) mass is 470 g/mol. The summed E-state index contributed by atoms with van der Waals surface area (Å²) in [4.78, 5) is 5.73. The number of piperazine rings is 1. The van der Waals surface area contributed by atoms with E-state index in [9.17, 15) is 8.42 Å². The summed E-state index contributed by atoms with van der Waals surface area (Å²) in [7, 11) is -0.417. The highest BCUT2D eigenvalue weighted by atomic mass is 32.2. The molecule has 0 unspecified atom stereocenters. The second-order valence-corrected chi connectivity index (χ2v) is 10.6. The number of aromatic nitrogens is 1. The fourth-order valence-corrected chi connectivity index (χ4v) is 5.81. The van der Waals surface area contributed by atoms with Crippen LogP contribution in [0.2, 0.25) is 0 Å². The van der Waals surface area contributed by atoms with Gasteiger partial charge >= 0.3 is 0 Å². The lowest BCUT2D eigenvalue weighted by Crippen LogP contribution is -2.43. The van der Waals surface area contributed by atoms with E-state index in [1.54, 1.807) is 32.4 Å². The van der Waals surface area contributed by atoms with Crippen LogP contribution in [-0.2, 0) is 15.4 Å². The summed E-state index contributed by atoms with van der Waals surface area (Å²) in [6.45, 7) is 3.68. The second kappa shape index (κ2) is 8.55. The highest BCUT2D eigenvalue weighted by molar-refractivity contribution is 7.89. The molecule has 2 aliphatic rings. The minimum absolute atomic E-state index is 0.203. The van der Waals surface area contributed by atoms with Crippen LogP contribution in [0.15, 0.2) is 47.5 Å². The van der Waals surface area contributed by atoms with E-state index >= 15 is 0 Å². The van der Waals surface area contributed by atoms with Crippen LogP contribution in [-0.4, -0.2) is 60.3 Å². The van der Waals surface area contributed by atoms with E-state index in [0.717, 1.165) is 66.9 Å². The molecule has 0 amide bonds. The van der Waals surface area contributed by atoms with Gasteiger partial charge in [-0.25, -0.2) is 13.1 Å². The lowest BCUT2D eigenvalue weighted by Gasteiger charge is -2.30. The molecule has 1 aliphatic carbocycles. The summed E-state index contributed by atoms with van der Waals surface area (Å²) in [5, 5.41) is 4.40. The number of nitrogens with zero attached hydrogens (tertiary/aromatic N) is 1. The third-order valence-electron chi connectivity index (χ3n) is 6.83. The number of ether oxygens (including phenoxy) is 2. The molecule has 1 saturated heterocycles. The second-order valence-electron chi connectivity index (χ2n) is 8.79. The maximum absolute atomic E-state index is 13.3. The zero-order valence-electron chi connectivity index (χ0n) is 19.0. The van der Waals surface area contributed by atoms with Crippen LogP contribution in [0.25, 0.3) is 10.9 Å². The number of hydrogen-bond acceptors (Lipinski definition) is 6. The van der Waals surface area contributed by atoms with Gasteiger partial charge in [-0.1, -0.05) is 0 Å². The third kappa shape index (κ3) is 4.16. The number of nitrogens with one attached hydrogen (secondary N) is 3. The summed E-state index contributed by atoms with van der Waals surface area (Å²) >= 11 is 0. The van der Waals surface area contributed by atoms with Gasteiger partial charge in [0.2, 0.25) is 10.0 Å². The molecule has 176 valence electrons. The molecule has 1 saturated carbocycles. The van der Waals surface area contributed by atoms with Crippen LogP contribution in [0.3, 0.4) is 0 Å². The number of benzene rings is 2. The average molecular weight is 471 g/mol. The first-order valence-electron chi connectivity index (χ1n) is 11.2. The molecule has 2 aromatic carbocycles. The van der Waals surface area contributed by atoms with Gasteiger partial charge in [0, 0.05) is 55.2 Å². The Bertz CT molecular complexity index is 1260. The van der Waals surface area contributed by atoms with E-state index in [-0.39, 0.29) is 10.3 Å². The van der Waals surface area contributed by atoms with Crippen LogP contribution in [0.5, 0.6) is 11.5 Å². The van der Waals surface area contributed by atoms with Crippen molar-refractivity contribution in [1.82, 2.24) is 15.0 Å². The van der Waals surface area contributed by atoms with E-state index in [1.807, 2.05) is 24.4 Å². The Morgan fingerprint density at radius 2 is 1.85 bits per heavy atom. The van der Waals surface area contributed by atoms with Gasteiger partial charge in [-0.15, -0.1) is 0 Å². The Morgan fingerprint density at radius 3 is 2.55 bits per heavy atom. The van der Waals surface area contributed by atoms with Crippen molar-refractivity contribution < 1.29 is 17.9 Å². The topological polar surface area (TPSA) is 95.7 Å². The molecule has 3 N–H and O–H groups in total. The first-order chi connectivity index (χ1) is 16.0. The van der Waals surface area contributed by atoms with E-state index < -0.39 is 10.0 Å². The van der Waals surface area contributed by atoms with Crippen LogP contribution < -0.4 is 24.4 Å². The minimum atomic E-state index is -3.68. The molecule has 0 spiro atoms. The van der Waals surface area contributed by atoms with Crippen LogP contribution >= 0.6 is 0 Å². The van der Waals surface area contributed by atoms with Crippen molar-refractivity contribution >= 4 is 26.6 Å². The molecule has 1 aromatic heterocycles. The van der Waals surface area contributed by atoms with Crippen LogP contribution in [0, 0.1) is 0 Å². The number of hydrogen-bond donors (Lipinski definition) is 3. The number of aromatic amines is 1. The van der Waals surface area contributed by atoms with E-state index in [2.05, 4.69) is 19.9 Å². The first-order valence-corrected chi connectivity index (χ1v) is 12.7. The molecule has 0 bridgehead atoms. The van der Waals surface area contributed by atoms with Crippen molar-refractivity contribution in [3.05, 3.63) is 48.2 Å². The molecule has 1 aliphatic heterocycles. The molecule has 0 radical (unpaired) electrons. The molecule has 9 heteroatoms. The molecule has 2 fully saturated rings. The molecule has 3 aromatic rings. The predicted octanol–water partition coefficient (Wildman–Crippen LogP) is 2.60. The number of methoxy groups -OCH3 is 2. The van der Waals surface area contributed by atoms with E-state index in [1.165, 1.54) is 0 Å². The normalized spacial score (nSPS) is 17.8. The van der Waals surface area contributed by atoms with Gasteiger partial charge < -0.3 is 24.7 Å². The van der Waals surface area contributed by atoms with E-state index in [0.29, 0.717) is 12.3 Å². The fourth-order valence-electron chi connectivity index (χ4n) is 4.66. The summed E-state index contributed by atoms with van der Waals surface area (Å²) in [5.74, 6) is 1.47. The number of anilines is 1. The van der Waals surface area contributed by atoms with Crippen molar-refractivity contribution in [3.63, 3.8) is 0 Å². The maximum Gasteiger partial charge on any atom is 0.240 e. The summed E-state index contributed by atoms with van der Waals surface area (Å²) in [6, 6.07) is 11.0. The highest BCUT2D eigenvalue weighted by Crippen LogP contribution is 2.50. The van der Waals surface area contributed by atoms with Gasteiger partial charge in [-0.3, -0.25) is 0 Å².